The predicted molar refractivity (Wildman–Crippen MR) is 102 cm³/mol. The lowest BCUT2D eigenvalue weighted by Crippen LogP contribution is -2.23. The van der Waals surface area contributed by atoms with Gasteiger partial charge in [-0.2, -0.15) is 0 Å². The van der Waals surface area contributed by atoms with Crippen molar-refractivity contribution in [1.82, 2.24) is 4.98 Å². The molecule has 4 rings (SSSR count). The molecule has 138 valence electrons. The van der Waals surface area contributed by atoms with Gasteiger partial charge in [0, 0.05) is 24.0 Å². The standard InChI is InChI=1S/C20H18N2O4S/c1-13-4-9-17(25-13)20-21-14(12-27-20)11-19(24)26-16-7-5-15(6-8-16)22-10-2-3-18(22)23/h4-9,12H,2-3,10-11H2,1H3. The maximum absolute atomic E-state index is 12.2. The molecular formula is C20H18N2O4S. The molecule has 1 aliphatic rings. The average Bonchev–Trinajstić information content (AvgIpc) is 3.37. The van der Waals surface area contributed by atoms with Gasteiger partial charge in [-0.25, -0.2) is 4.98 Å². The molecule has 0 atom stereocenters. The summed E-state index contributed by atoms with van der Waals surface area (Å²) in [6.07, 6.45) is 1.55. The number of ether oxygens (including phenoxy) is 1. The summed E-state index contributed by atoms with van der Waals surface area (Å²) < 4.78 is 10.9. The summed E-state index contributed by atoms with van der Waals surface area (Å²) in [5.41, 5.74) is 1.48. The van der Waals surface area contributed by atoms with Gasteiger partial charge in [0.15, 0.2) is 10.8 Å². The molecule has 1 amide bonds. The van der Waals surface area contributed by atoms with Crippen LogP contribution in [0.2, 0.25) is 0 Å². The van der Waals surface area contributed by atoms with E-state index >= 15 is 0 Å². The second-order valence-corrected chi connectivity index (χ2v) is 7.21. The van der Waals surface area contributed by atoms with Crippen LogP contribution in [-0.2, 0) is 16.0 Å². The Morgan fingerprint density at radius 3 is 2.74 bits per heavy atom. The first-order valence-corrected chi connectivity index (χ1v) is 9.59. The first-order chi connectivity index (χ1) is 13.1. The lowest BCUT2D eigenvalue weighted by Gasteiger charge is -2.15. The number of anilines is 1. The SMILES string of the molecule is Cc1ccc(-c2nc(CC(=O)Oc3ccc(N4CCCC4=O)cc3)cs2)o1. The molecule has 0 N–H and O–H groups in total. The Morgan fingerprint density at radius 1 is 1.26 bits per heavy atom. The smallest absolute Gasteiger partial charge is 0.317 e. The lowest BCUT2D eigenvalue weighted by atomic mass is 10.2. The molecule has 7 heteroatoms. The van der Waals surface area contributed by atoms with Gasteiger partial charge in [0.05, 0.1) is 12.1 Å². The van der Waals surface area contributed by atoms with Gasteiger partial charge in [0.2, 0.25) is 5.91 Å². The van der Waals surface area contributed by atoms with Crippen LogP contribution in [0.15, 0.2) is 46.2 Å². The van der Waals surface area contributed by atoms with Crippen LogP contribution >= 0.6 is 11.3 Å². The normalized spacial score (nSPS) is 14.0. The molecule has 1 fully saturated rings. The monoisotopic (exact) mass is 382 g/mol. The fraction of sp³-hybridized carbons (Fsp3) is 0.250. The third kappa shape index (κ3) is 3.93. The van der Waals surface area contributed by atoms with Gasteiger partial charge in [-0.15, -0.1) is 11.3 Å². The fourth-order valence-corrected chi connectivity index (χ4v) is 3.76. The Bertz CT molecular complexity index is 974. The number of furan rings is 1. The highest BCUT2D eigenvalue weighted by atomic mass is 32.1. The number of thiazole rings is 1. The van der Waals surface area contributed by atoms with E-state index in [0.717, 1.165) is 29.4 Å². The molecule has 0 aliphatic carbocycles. The second-order valence-electron chi connectivity index (χ2n) is 6.35. The summed E-state index contributed by atoms with van der Waals surface area (Å²) in [5.74, 6) is 1.72. The van der Waals surface area contributed by atoms with Crippen molar-refractivity contribution in [2.75, 3.05) is 11.4 Å². The van der Waals surface area contributed by atoms with Crippen molar-refractivity contribution in [3.8, 4) is 16.5 Å². The first kappa shape index (κ1) is 17.5. The van der Waals surface area contributed by atoms with Gasteiger partial charge in [-0.3, -0.25) is 9.59 Å². The summed E-state index contributed by atoms with van der Waals surface area (Å²) >= 11 is 1.43. The number of hydrogen-bond donors (Lipinski definition) is 0. The number of esters is 1. The van der Waals surface area contributed by atoms with Crippen LogP contribution in [-0.4, -0.2) is 23.4 Å². The van der Waals surface area contributed by atoms with E-state index in [2.05, 4.69) is 4.98 Å². The zero-order valence-corrected chi connectivity index (χ0v) is 15.6. The van der Waals surface area contributed by atoms with Crippen LogP contribution in [0, 0.1) is 6.92 Å². The third-order valence-electron chi connectivity index (χ3n) is 4.28. The number of aromatic nitrogens is 1. The predicted octanol–water partition coefficient (Wildman–Crippen LogP) is 3.99. The van der Waals surface area contributed by atoms with Crippen LogP contribution in [0.25, 0.3) is 10.8 Å². The van der Waals surface area contributed by atoms with E-state index in [9.17, 15) is 9.59 Å². The molecule has 3 heterocycles. The van der Waals surface area contributed by atoms with E-state index in [1.165, 1.54) is 11.3 Å². The Kier molecular flexibility index (Phi) is 4.77. The van der Waals surface area contributed by atoms with Crippen molar-refractivity contribution < 1.29 is 18.7 Å². The van der Waals surface area contributed by atoms with Crippen LogP contribution in [0.1, 0.15) is 24.3 Å². The van der Waals surface area contributed by atoms with Gasteiger partial charge in [-0.1, -0.05) is 0 Å². The second kappa shape index (κ2) is 7.36. The van der Waals surface area contributed by atoms with Crippen LogP contribution < -0.4 is 9.64 Å². The Balaban J connectivity index is 1.37. The summed E-state index contributed by atoms with van der Waals surface area (Å²) in [7, 11) is 0. The number of carbonyl (C=O) groups is 2. The maximum Gasteiger partial charge on any atom is 0.317 e. The summed E-state index contributed by atoms with van der Waals surface area (Å²) in [4.78, 5) is 30.1. The first-order valence-electron chi connectivity index (χ1n) is 8.71. The number of amides is 1. The topological polar surface area (TPSA) is 72.6 Å². The molecule has 0 radical (unpaired) electrons. The van der Waals surface area contributed by atoms with E-state index in [1.807, 2.05) is 24.4 Å². The van der Waals surface area contributed by atoms with Gasteiger partial charge >= 0.3 is 5.97 Å². The molecule has 27 heavy (non-hydrogen) atoms. The number of nitrogens with zero attached hydrogens (tertiary/aromatic N) is 2. The van der Waals surface area contributed by atoms with Crippen LogP contribution in [0.4, 0.5) is 5.69 Å². The van der Waals surface area contributed by atoms with Crippen molar-refractivity contribution in [2.24, 2.45) is 0 Å². The van der Waals surface area contributed by atoms with Crippen LogP contribution in [0.3, 0.4) is 0 Å². The van der Waals surface area contributed by atoms with E-state index in [4.69, 9.17) is 9.15 Å². The van der Waals surface area contributed by atoms with Crippen molar-refractivity contribution in [3.05, 3.63) is 53.2 Å². The molecule has 0 bridgehead atoms. The molecule has 1 saturated heterocycles. The van der Waals surface area contributed by atoms with Crippen LogP contribution in [0.5, 0.6) is 5.75 Å². The molecule has 6 nitrogen and oxygen atoms in total. The number of carbonyl (C=O) groups excluding carboxylic acids is 2. The summed E-state index contributed by atoms with van der Waals surface area (Å²) in [6.45, 7) is 2.61. The highest BCUT2D eigenvalue weighted by molar-refractivity contribution is 7.13. The highest BCUT2D eigenvalue weighted by Gasteiger charge is 2.21. The van der Waals surface area contributed by atoms with Gasteiger partial charge in [0.25, 0.3) is 0 Å². The minimum absolute atomic E-state index is 0.0859. The fourth-order valence-electron chi connectivity index (χ4n) is 2.98. The number of benzene rings is 1. The molecule has 0 saturated carbocycles. The molecular weight excluding hydrogens is 364 g/mol. The molecule has 3 aromatic rings. The Hall–Kier alpha value is -2.93. The van der Waals surface area contributed by atoms with Gasteiger partial charge in [-0.05, 0) is 49.7 Å². The quantitative estimate of drug-likeness (QED) is 0.493. The maximum atomic E-state index is 12.2. The highest BCUT2D eigenvalue weighted by Crippen LogP contribution is 2.26. The lowest BCUT2D eigenvalue weighted by molar-refractivity contribution is -0.133. The number of hydrogen-bond acceptors (Lipinski definition) is 6. The Morgan fingerprint density at radius 2 is 2.07 bits per heavy atom. The number of rotatable bonds is 5. The average molecular weight is 382 g/mol. The van der Waals surface area contributed by atoms with E-state index < -0.39 is 0 Å². The zero-order chi connectivity index (χ0) is 18.8. The molecule has 1 aliphatic heterocycles. The Labute approximate surface area is 160 Å². The minimum atomic E-state index is -0.382. The number of aryl methyl sites for hydroxylation is 1. The molecule has 1 aromatic carbocycles. The van der Waals surface area contributed by atoms with E-state index in [-0.39, 0.29) is 18.3 Å². The molecule has 2 aromatic heterocycles. The largest absolute Gasteiger partial charge is 0.459 e. The van der Waals surface area contributed by atoms with E-state index in [1.54, 1.807) is 29.2 Å². The van der Waals surface area contributed by atoms with Crippen molar-refractivity contribution in [2.45, 2.75) is 26.2 Å². The van der Waals surface area contributed by atoms with Crippen molar-refractivity contribution in [3.63, 3.8) is 0 Å². The van der Waals surface area contributed by atoms with Crippen molar-refractivity contribution >= 4 is 28.9 Å². The molecule has 0 unspecified atom stereocenters. The molecule has 0 spiro atoms. The summed E-state index contributed by atoms with van der Waals surface area (Å²) in [6, 6.07) is 10.7. The third-order valence-corrected chi connectivity index (χ3v) is 5.19. The van der Waals surface area contributed by atoms with Crippen molar-refractivity contribution in [1.29, 1.82) is 0 Å². The minimum Gasteiger partial charge on any atom is -0.459 e. The van der Waals surface area contributed by atoms with Gasteiger partial charge in [0.1, 0.15) is 11.5 Å². The van der Waals surface area contributed by atoms with Gasteiger partial charge < -0.3 is 14.1 Å². The summed E-state index contributed by atoms with van der Waals surface area (Å²) in [5, 5.41) is 2.57. The zero-order valence-electron chi connectivity index (χ0n) is 14.8. The van der Waals surface area contributed by atoms with E-state index in [0.29, 0.717) is 23.6 Å².